The Bertz CT molecular complexity index is 1060. The van der Waals surface area contributed by atoms with E-state index in [4.69, 9.17) is 16.3 Å². The molecule has 0 spiro atoms. The third-order valence-electron chi connectivity index (χ3n) is 5.96. The lowest BCUT2D eigenvalue weighted by Gasteiger charge is -2.35. The smallest absolute Gasteiger partial charge is 0.251 e. The molecule has 0 radical (unpaired) electrons. The third-order valence-corrected chi connectivity index (χ3v) is 7.64. The number of nitrogens with one attached hydrogen (secondary N) is 2. The zero-order valence-electron chi connectivity index (χ0n) is 19.3. The second-order valence-corrected chi connectivity index (χ2v) is 10.8. The van der Waals surface area contributed by atoms with Crippen LogP contribution in [0.3, 0.4) is 0 Å². The molecule has 1 saturated heterocycles. The highest BCUT2D eigenvalue weighted by Gasteiger charge is 2.23. The molecule has 1 aliphatic heterocycles. The molecule has 2 atom stereocenters. The predicted octanol–water partition coefficient (Wildman–Crippen LogP) is 3.68. The monoisotopic (exact) mass is 493 g/mol. The molecule has 2 N–H and O–H groups in total. The molecule has 33 heavy (non-hydrogen) atoms. The standard InChI is InChI=1S/C24H32ClN3O4S/c1-17-5-4-12-28(16-17)18(2)14-26-24(29)20-8-11-22(32-3)23(13-20)33(30,31)27-15-19-6-9-21(25)10-7-19/h6-11,13,17-18,27H,4-5,12,14-16H2,1-3H3,(H,26,29). The minimum Gasteiger partial charge on any atom is -0.495 e. The highest BCUT2D eigenvalue weighted by Crippen LogP contribution is 2.25. The molecule has 3 rings (SSSR count). The lowest BCUT2D eigenvalue weighted by molar-refractivity contribution is 0.0917. The highest BCUT2D eigenvalue weighted by molar-refractivity contribution is 7.89. The Kier molecular flexibility index (Phi) is 8.75. The molecule has 2 aromatic carbocycles. The number of nitrogens with zero attached hydrogens (tertiary/aromatic N) is 1. The molecule has 1 fully saturated rings. The molecule has 7 nitrogen and oxygen atoms in total. The molecule has 0 bridgehead atoms. The Morgan fingerprint density at radius 3 is 2.64 bits per heavy atom. The van der Waals surface area contributed by atoms with Gasteiger partial charge in [0, 0.05) is 36.3 Å². The Hall–Kier alpha value is -2.13. The van der Waals surface area contributed by atoms with Gasteiger partial charge in [-0.1, -0.05) is 30.7 Å². The van der Waals surface area contributed by atoms with Crippen LogP contribution in [0.25, 0.3) is 0 Å². The summed E-state index contributed by atoms with van der Waals surface area (Å²) in [6.45, 7) is 6.99. The molecule has 2 aromatic rings. The fourth-order valence-corrected chi connectivity index (χ4v) is 5.32. The number of rotatable bonds is 9. The van der Waals surface area contributed by atoms with Crippen molar-refractivity contribution in [3.63, 3.8) is 0 Å². The Labute approximate surface area is 201 Å². The van der Waals surface area contributed by atoms with Crippen LogP contribution in [0, 0.1) is 5.92 Å². The first-order chi connectivity index (χ1) is 15.7. The van der Waals surface area contributed by atoms with Crippen molar-refractivity contribution in [2.24, 2.45) is 5.92 Å². The minimum atomic E-state index is -3.92. The molecule has 1 amide bonds. The van der Waals surface area contributed by atoms with Gasteiger partial charge in [0.2, 0.25) is 10.0 Å². The Morgan fingerprint density at radius 2 is 1.97 bits per heavy atom. The van der Waals surface area contributed by atoms with Gasteiger partial charge in [-0.25, -0.2) is 13.1 Å². The first-order valence-corrected chi connectivity index (χ1v) is 13.0. The van der Waals surface area contributed by atoms with E-state index in [1.165, 1.54) is 32.1 Å². The van der Waals surface area contributed by atoms with Crippen molar-refractivity contribution in [2.75, 3.05) is 26.7 Å². The molecule has 0 saturated carbocycles. The maximum Gasteiger partial charge on any atom is 0.251 e. The summed E-state index contributed by atoms with van der Waals surface area (Å²) < 4.78 is 33.8. The van der Waals surface area contributed by atoms with Crippen molar-refractivity contribution in [3.05, 3.63) is 58.6 Å². The van der Waals surface area contributed by atoms with Crippen LogP contribution in [0.5, 0.6) is 5.75 Å². The number of benzene rings is 2. The number of hydrogen-bond donors (Lipinski definition) is 2. The summed E-state index contributed by atoms with van der Waals surface area (Å²) in [5.74, 6) is 0.515. The van der Waals surface area contributed by atoms with E-state index >= 15 is 0 Å². The highest BCUT2D eigenvalue weighted by atomic mass is 35.5. The molecular weight excluding hydrogens is 462 g/mol. The molecule has 1 aliphatic rings. The fourth-order valence-electron chi connectivity index (χ4n) is 3.98. The van der Waals surface area contributed by atoms with E-state index in [2.05, 4.69) is 28.8 Å². The summed E-state index contributed by atoms with van der Waals surface area (Å²) in [5, 5.41) is 3.52. The van der Waals surface area contributed by atoms with Crippen LogP contribution in [0.15, 0.2) is 47.4 Å². The van der Waals surface area contributed by atoms with Gasteiger partial charge in [-0.2, -0.15) is 0 Å². The summed E-state index contributed by atoms with van der Waals surface area (Å²) in [4.78, 5) is 15.1. The lowest BCUT2D eigenvalue weighted by Crippen LogP contribution is -2.46. The van der Waals surface area contributed by atoms with E-state index in [0.29, 0.717) is 17.5 Å². The topological polar surface area (TPSA) is 87.7 Å². The number of sulfonamides is 1. The normalized spacial score (nSPS) is 18.0. The average Bonchev–Trinajstić information content (AvgIpc) is 2.81. The summed E-state index contributed by atoms with van der Waals surface area (Å²) in [5.41, 5.74) is 1.03. The average molecular weight is 494 g/mol. The quantitative estimate of drug-likeness (QED) is 0.556. The van der Waals surface area contributed by atoms with Gasteiger partial charge in [0.15, 0.2) is 0 Å². The van der Waals surface area contributed by atoms with Crippen LogP contribution in [0.2, 0.25) is 5.02 Å². The molecule has 180 valence electrons. The minimum absolute atomic E-state index is 0.0792. The van der Waals surface area contributed by atoms with Crippen LogP contribution in [0.4, 0.5) is 0 Å². The van der Waals surface area contributed by atoms with Crippen molar-refractivity contribution in [3.8, 4) is 5.75 Å². The summed E-state index contributed by atoms with van der Waals surface area (Å²) >= 11 is 5.88. The summed E-state index contributed by atoms with van der Waals surface area (Å²) in [6, 6.07) is 11.5. The summed E-state index contributed by atoms with van der Waals surface area (Å²) in [6.07, 6.45) is 2.41. The SMILES string of the molecule is COc1ccc(C(=O)NCC(C)N2CCCC(C)C2)cc1S(=O)(=O)NCc1ccc(Cl)cc1. The second-order valence-electron chi connectivity index (χ2n) is 8.62. The van der Waals surface area contributed by atoms with Crippen molar-refractivity contribution in [1.82, 2.24) is 14.9 Å². The maximum absolute atomic E-state index is 13.0. The van der Waals surface area contributed by atoms with Crippen LogP contribution >= 0.6 is 11.6 Å². The van der Waals surface area contributed by atoms with Crippen LogP contribution in [-0.4, -0.2) is 52.0 Å². The van der Waals surface area contributed by atoms with E-state index in [0.717, 1.165) is 18.7 Å². The van der Waals surface area contributed by atoms with E-state index in [9.17, 15) is 13.2 Å². The number of ether oxygens (including phenoxy) is 1. The van der Waals surface area contributed by atoms with Gasteiger partial charge < -0.3 is 10.1 Å². The van der Waals surface area contributed by atoms with Crippen LogP contribution in [0.1, 0.15) is 42.6 Å². The first kappa shape index (κ1) is 25.5. The second kappa shape index (κ2) is 11.3. The van der Waals surface area contributed by atoms with E-state index in [1.807, 2.05) is 0 Å². The number of hydrogen-bond acceptors (Lipinski definition) is 5. The van der Waals surface area contributed by atoms with Gasteiger partial charge in [-0.15, -0.1) is 0 Å². The predicted molar refractivity (Wildman–Crippen MR) is 130 cm³/mol. The van der Waals surface area contributed by atoms with Crippen LogP contribution < -0.4 is 14.8 Å². The molecule has 0 aliphatic carbocycles. The van der Waals surface area contributed by atoms with Crippen LogP contribution in [-0.2, 0) is 16.6 Å². The number of carbonyl (C=O) groups excluding carboxylic acids is 1. The Balaban J connectivity index is 1.68. The first-order valence-electron chi connectivity index (χ1n) is 11.1. The van der Waals surface area contributed by atoms with Gasteiger partial charge in [-0.05, 0) is 68.1 Å². The number of piperidine rings is 1. The number of methoxy groups -OCH3 is 1. The Morgan fingerprint density at radius 1 is 1.24 bits per heavy atom. The largest absolute Gasteiger partial charge is 0.495 e. The van der Waals surface area contributed by atoms with Crippen molar-refractivity contribution in [2.45, 2.75) is 44.2 Å². The molecule has 9 heteroatoms. The van der Waals surface area contributed by atoms with Gasteiger partial charge >= 0.3 is 0 Å². The molecule has 0 aromatic heterocycles. The number of halogens is 1. The zero-order valence-corrected chi connectivity index (χ0v) is 20.9. The van der Waals surface area contributed by atoms with E-state index in [1.54, 1.807) is 30.3 Å². The number of carbonyl (C=O) groups is 1. The molecule has 2 unspecified atom stereocenters. The number of likely N-dealkylation sites (tertiary alicyclic amines) is 1. The molecular formula is C24H32ClN3O4S. The molecule has 1 heterocycles. The van der Waals surface area contributed by atoms with E-state index < -0.39 is 10.0 Å². The maximum atomic E-state index is 13.0. The van der Waals surface area contributed by atoms with Gasteiger partial charge in [0.25, 0.3) is 5.91 Å². The number of amides is 1. The van der Waals surface area contributed by atoms with Gasteiger partial charge in [-0.3, -0.25) is 9.69 Å². The van der Waals surface area contributed by atoms with E-state index in [-0.39, 0.29) is 34.7 Å². The third kappa shape index (κ3) is 6.93. The van der Waals surface area contributed by atoms with Crippen molar-refractivity contribution >= 4 is 27.5 Å². The zero-order chi connectivity index (χ0) is 24.0. The fraction of sp³-hybridized carbons (Fsp3) is 0.458. The van der Waals surface area contributed by atoms with Gasteiger partial charge in [0.1, 0.15) is 10.6 Å². The lowest BCUT2D eigenvalue weighted by atomic mass is 9.99. The van der Waals surface area contributed by atoms with Crippen molar-refractivity contribution in [1.29, 1.82) is 0 Å². The van der Waals surface area contributed by atoms with Gasteiger partial charge in [0.05, 0.1) is 7.11 Å². The van der Waals surface area contributed by atoms with Crippen molar-refractivity contribution < 1.29 is 17.9 Å². The summed E-state index contributed by atoms with van der Waals surface area (Å²) in [7, 11) is -2.52.